The van der Waals surface area contributed by atoms with Crippen LogP contribution in [0, 0.1) is 11.8 Å². The SMILES string of the molecule is CC(NC(=O)N[C@H](C(=O)O)C(C)C)C1CC1. The first-order chi connectivity index (χ1) is 7.41. The second kappa shape index (κ2) is 5.18. The summed E-state index contributed by atoms with van der Waals surface area (Å²) in [5, 5.41) is 14.2. The second-order valence-corrected chi connectivity index (χ2v) is 4.80. The van der Waals surface area contributed by atoms with Crippen LogP contribution in [0.3, 0.4) is 0 Å². The predicted molar refractivity (Wildman–Crippen MR) is 60.1 cm³/mol. The van der Waals surface area contributed by atoms with E-state index in [0.29, 0.717) is 5.92 Å². The van der Waals surface area contributed by atoms with Crippen LogP contribution in [-0.4, -0.2) is 29.2 Å². The highest BCUT2D eigenvalue weighted by molar-refractivity contribution is 5.82. The van der Waals surface area contributed by atoms with Gasteiger partial charge in [-0.05, 0) is 31.6 Å². The molecule has 1 aliphatic rings. The van der Waals surface area contributed by atoms with Gasteiger partial charge in [0, 0.05) is 6.04 Å². The Labute approximate surface area is 95.6 Å². The molecule has 1 rings (SSSR count). The summed E-state index contributed by atoms with van der Waals surface area (Å²) in [5.74, 6) is -0.559. The molecule has 0 aromatic carbocycles. The fourth-order valence-electron chi connectivity index (χ4n) is 1.62. The lowest BCUT2D eigenvalue weighted by Crippen LogP contribution is -2.50. The molecule has 0 saturated heterocycles. The molecule has 1 unspecified atom stereocenters. The zero-order valence-electron chi connectivity index (χ0n) is 9.99. The summed E-state index contributed by atoms with van der Waals surface area (Å²) in [6.45, 7) is 5.48. The maximum atomic E-state index is 11.5. The van der Waals surface area contributed by atoms with Crippen LogP contribution < -0.4 is 10.6 Å². The minimum Gasteiger partial charge on any atom is -0.480 e. The number of carbonyl (C=O) groups is 2. The van der Waals surface area contributed by atoms with Crippen molar-refractivity contribution >= 4 is 12.0 Å². The molecule has 0 radical (unpaired) electrons. The fraction of sp³-hybridized carbons (Fsp3) is 0.818. The Balaban J connectivity index is 2.38. The maximum Gasteiger partial charge on any atom is 0.326 e. The smallest absolute Gasteiger partial charge is 0.326 e. The molecule has 2 atom stereocenters. The Hall–Kier alpha value is -1.26. The van der Waals surface area contributed by atoms with Gasteiger partial charge in [0.15, 0.2) is 0 Å². The number of amides is 2. The van der Waals surface area contributed by atoms with E-state index in [1.54, 1.807) is 13.8 Å². The van der Waals surface area contributed by atoms with Crippen molar-refractivity contribution in [3.8, 4) is 0 Å². The first-order valence-corrected chi connectivity index (χ1v) is 5.71. The van der Waals surface area contributed by atoms with Crippen molar-refractivity contribution < 1.29 is 14.7 Å². The molecule has 0 bridgehead atoms. The molecule has 0 aromatic rings. The van der Waals surface area contributed by atoms with Crippen molar-refractivity contribution in [3.05, 3.63) is 0 Å². The van der Waals surface area contributed by atoms with E-state index >= 15 is 0 Å². The van der Waals surface area contributed by atoms with Crippen molar-refractivity contribution in [2.45, 2.75) is 45.7 Å². The fourth-order valence-corrected chi connectivity index (χ4v) is 1.62. The molecule has 92 valence electrons. The molecule has 5 heteroatoms. The first-order valence-electron chi connectivity index (χ1n) is 5.71. The van der Waals surface area contributed by atoms with E-state index in [9.17, 15) is 9.59 Å². The Morgan fingerprint density at radius 3 is 2.12 bits per heavy atom. The van der Waals surface area contributed by atoms with Gasteiger partial charge in [-0.3, -0.25) is 0 Å². The van der Waals surface area contributed by atoms with Gasteiger partial charge in [0.2, 0.25) is 0 Å². The molecule has 0 aromatic heterocycles. The van der Waals surface area contributed by atoms with E-state index < -0.39 is 12.0 Å². The number of hydrogen-bond acceptors (Lipinski definition) is 2. The molecule has 2 amide bonds. The van der Waals surface area contributed by atoms with Crippen molar-refractivity contribution in [1.82, 2.24) is 10.6 Å². The van der Waals surface area contributed by atoms with Crippen LogP contribution in [0.1, 0.15) is 33.6 Å². The summed E-state index contributed by atoms with van der Waals surface area (Å²) < 4.78 is 0. The summed E-state index contributed by atoms with van der Waals surface area (Å²) in [6.07, 6.45) is 2.29. The number of aliphatic carboxylic acids is 1. The normalized spacial score (nSPS) is 19.0. The number of nitrogens with one attached hydrogen (secondary N) is 2. The quantitative estimate of drug-likeness (QED) is 0.661. The summed E-state index contributed by atoms with van der Waals surface area (Å²) in [4.78, 5) is 22.4. The largest absolute Gasteiger partial charge is 0.480 e. The minimum absolute atomic E-state index is 0.125. The van der Waals surface area contributed by atoms with Crippen LogP contribution in [0.2, 0.25) is 0 Å². The van der Waals surface area contributed by atoms with Crippen LogP contribution in [-0.2, 0) is 4.79 Å². The van der Waals surface area contributed by atoms with Gasteiger partial charge in [-0.2, -0.15) is 0 Å². The average molecular weight is 228 g/mol. The van der Waals surface area contributed by atoms with Crippen molar-refractivity contribution in [1.29, 1.82) is 0 Å². The van der Waals surface area contributed by atoms with Crippen LogP contribution in [0.5, 0.6) is 0 Å². The zero-order chi connectivity index (χ0) is 12.3. The van der Waals surface area contributed by atoms with Crippen LogP contribution >= 0.6 is 0 Å². The first kappa shape index (κ1) is 12.8. The summed E-state index contributed by atoms with van der Waals surface area (Å²) in [6, 6.07) is -1.09. The number of carboxylic acid groups (broad SMARTS) is 1. The van der Waals surface area contributed by atoms with Crippen molar-refractivity contribution in [2.24, 2.45) is 11.8 Å². The standard InChI is InChI=1S/C11H20N2O3/c1-6(2)9(10(14)15)13-11(16)12-7(3)8-4-5-8/h6-9H,4-5H2,1-3H3,(H,14,15)(H2,12,13,16)/t7?,9-/m0/s1. The van der Waals surface area contributed by atoms with Gasteiger partial charge in [0.1, 0.15) is 6.04 Å². The van der Waals surface area contributed by atoms with Crippen molar-refractivity contribution in [3.63, 3.8) is 0 Å². The molecule has 5 nitrogen and oxygen atoms in total. The third-order valence-corrected chi connectivity index (χ3v) is 2.91. The minimum atomic E-state index is -0.996. The Morgan fingerprint density at radius 2 is 1.75 bits per heavy atom. The van der Waals surface area contributed by atoms with Crippen LogP contribution in [0.15, 0.2) is 0 Å². The number of hydrogen-bond donors (Lipinski definition) is 3. The van der Waals surface area contributed by atoms with E-state index in [-0.39, 0.29) is 18.0 Å². The molecule has 0 aliphatic heterocycles. The second-order valence-electron chi connectivity index (χ2n) is 4.80. The Bertz CT molecular complexity index is 274. The monoisotopic (exact) mass is 228 g/mol. The van der Waals surface area contributed by atoms with Crippen LogP contribution in [0.25, 0.3) is 0 Å². The highest BCUT2D eigenvalue weighted by Crippen LogP contribution is 2.32. The molecule has 1 fully saturated rings. The van der Waals surface area contributed by atoms with E-state index in [1.165, 1.54) is 0 Å². The summed E-state index contributed by atoms with van der Waals surface area (Å²) in [5.41, 5.74) is 0. The lowest BCUT2D eigenvalue weighted by atomic mass is 10.1. The summed E-state index contributed by atoms with van der Waals surface area (Å²) >= 11 is 0. The Morgan fingerprint density at radius 1 is 1.19 bits per heavy atom. The molecule has 1 saturated carbocycles. The maximum absolute atomic E-state index is 11.5. The molecule has 3 N–H and O–H groups in total. The highest BCUT2D eigenvalue weighted by Gasteiger charge is 2.30. The number of carboxylic acids is 1. The molecule has 0 heterocycles. The third-order valence-electron chi connectivity index (χ3n) is 2.91. The van der Waals surface area contributed by atoms with Gasteiger partial charge in [-0.25, -0.2) is 9.59 Å². The topological polar surface area (TPSA) is 78.4 Å². The number of urea groups is 1. The highest BCUT2D eigenvalue weighted by atomic mass is 16.4. The molecule has 16 heavy (non-hydrogen) atoms. The lowest BCUT2D eigenvalue weighted by Gasteiger charge is -2.20. The Kier molecular flexibility index (Phi) is 4.15. The average Bonchev–Trinajstić information content (AvgIpc) is 2.95. The summed E-state index contributed by atoms with van der Waals surface area (Å²) in [7, 11) is 0. The number of rotatable bonds is 5. The third kappa shape index (κ3) is 3.72. The van der Waals surface area contributed by atoms with Gasteiger partial charge in [-0.1, -0.05) is 13.8 Å². The van der Waals surface area contributed by atoms with Gasteiger partial charge in [0.05, 0.1) is 0 Å². The molecular weight excluding hydrogens is 208 g/mol. The van der Waals surface area contributed by atoms with Gasteiger partial charge >= 0.3 is 12.0 Å². The molecular formula is C11H20N2O3. The van der Waals surface area contributed by atoms with Gasteiger partial charge < -0.3 is 15.7 Å². The van der Waals surface area contributed by atoms with Gasteiger partial charge in [-0.15, -0.1) is 0 Å². The van der Waals surface area contributed by atoms with Gasteiger partial charge in [0.25, 0.3) is 0 Å². The van der Waals surface area contributed by atoms with E-state index in [0.717, 1.165) is 12.8 Å². The zero-order valence-corrected chi connectivity index (χ0v) is 9.99. The number of carbonyl (C=O) groups excluding carboxylic acids is 1. The van der Waals surface area contributed by atoms with E-state index in [2.05, 4.69) is 10.6 Å². The molecule has 0 spiro atoms. The van der Waals surface area contributed by atoms with E-state index in [1.807, 2.05) is 6.92 Å². The van der Waals surface area contributed by atoms with Crippen LogP contribution in [0.4, 0.5) is 4.79 Å². The van der Waals surface area contributed by atoms with E-state index in [4.69, 9.17) is 5.11 Å². The lowest BCUT2D eigenvalue weighted by molar-refractivity contribution is -0.140. The molecule has 1 aliphatic carbocycles. The predicted octanol–water partition coefficient (Wildman–Crippen LogP) is 1.19. The van der Waals surface area contributed by atoms with Crippen molar-refractivity contribution in [2.75, 3.05) is 0 Å².